The zero-order chi connectivity index (χ0) is 21.9. The Morgan fingerprint density at radius 3 is 2.80 bits per heavy atom. The summed E-state index contributed by atoms with van der Waals surface area (Å²) in [7, 11) is -4.01. The maximum absolute atomic E-state index is 13.6. The van der Waals surface area contributed by atoms with Gasteiger partial charge in [0.25, 0.3) is 10.0 Å². The van der Waals surface area contributed by atoms with Crippen molar-refractivity contribution in [2.45, 2.75) is 44.6 Å². The van der Waals surface area contributed by atoms with E-state index in [0.717, 1.165) is 18.9 Å². The van der Waals surface area contributed by atoms with Crippen molar-refractivity contribution >= 4 is 27.4 Å². The standard InChI is InChI=1S/C21H27FN4O3S/c1-14(2)24-21(27)16-6-5-11-26(13-16)20-18(7-4-10-23-20)25-30(28,29)19-12-17(22)9-8-15(19)3/h4,7-10,12,14,16,25H,5-6,11,13H2,1-3H3,(H,24,27). The third-order valence-electron chi connectivity index (χ3n) is 4.99. The van der Waals surface area contributed by atoms with Crippen molar-refractivity contribution in [1.29, 1.82) is 0 Å². The van der Waals surface area contributed by atoms with E-state index in [0.29, 0.717) is 30.2 Å². The number of carbonyl (C=O) groups excluding carboxylic acids is 1. The van der Waals surface area contributed by atoms with E-state index < -0.39 is 15.8 Å². The van der Waals surface area contributed by atoms with Gasteiger partial charge in [0.05, 0.1) is 16.5 Å². The number of sulfonamides is 1. The Balaban J connectivity index is 1.86. The number of rotatable bonds is 6. The Hall–Kier alpha value is -2.68. The van der Waals surface area contributed by atoms with Crippen molar-refractivity contribution in [3.8, 4) is 0 Å². The highest BCUT2D eigenvalue weighted by molar-refractivity contribution is 7.92. The lowest BCUT2D eigenvalue weighted by molar-refractivity contribution is -0.125. The smallest absolute Gasteiger partial charge is 0.262 e. The van der Waals surface area contributed by atoms with Gasteiger partial charge in [-0.25, -0.2) is 17.8 Å². The molecule has 0 saturated carbocycles. The Morgan fingerprint density at radius 1 is 1.30 bits per heavy atom. The third kappa shape index (κ3) is 5.08. The first-order chi connectivity index (χ1) is 14.2. The number of nitrogens with one attached hydrogen (secondary N) is 2. The summed E-state index contributed by atoms with van der Waals surface area (Å²) < 4.78 is 42.0. The van der Waals surface area contributed by atoms with Crippen LogP contribution in [0.15, 0.2) is 41.4 Å². The fraction of sp³-hybridized carbons (Fsp3) is 0.429. The molecule has 2 heterocycles. The van der Waals surface area contributed by atoms with Gasteiger partial charge in [-0.3, -0.25) is 9.52 Å². The molecule has 1 atom stereocenters. The number of amides is 1. The highest BCUT2D eigenvalue weighted by Gasteiger charge is 2.29. The molecule has 1 amide bonds. The molecule has 0 bridgehead atoms. The van der Waals surface area contributed by atoms with Gasteiger partial charge in [0.2, 0.25) is 5.91 Å². The molecule has 0 radical (unpaired) electrons. The predicted octanol–water partition coefficient (Wildman–Crippen LogP) is 3.07. The zero-order valence-corrected chi connectivity index (χ0v) is 18.2. The van der Waals surface area contributed by atoms with Crippen molar-refractivity contribution in [2.75, 3.05) is 22.7 Å². The highest BCUT2D eigenvalue weighted by Crippen LogP contribution is 2.30. The van der Waals surface area contributed by atoms with Crippen LogP contribution in [0.4, 0.5) is 15.9 Å². The van der Waals surface area contributed by atoms with E-state index >= 15 is 0 Å². The molecular weight excluding hydrogens is 407 g/mol. The number of piperidine rings is 1. The molecule has 1 saturated heterocycles. The van der Waals surface area contributed by atoms with Crippen LogP contribution in [0.5, 0.6) is 0 Å². The van der Waals surface area contributed by atoms with Crippen LogP contribution < -0.4 is 14.9 Å². The minimum absolute atomic E-state index is 0.0110. The molecule has 1 unspecified atom stereocenters. The zero-order valence-electron chi connectivity index (χ0n) is 17.4. The largest absolute Gasteiger partial charge is 0.354 e. The Bertz CT molecular complexity index is 1030. The lowest BCUT2D eigenvalue weighted by atomic mass is 9.96. The van der Waals surface area contributed by atoms with Crippen LogP contribution in [-0.4, -0.2) is 38.4 Å². The second-order valence-electron chi connectivity index (χ2n) is 7.84. The average Bonchev–Trinajstić information content (AvgIpc) is 2.69. The van der Waals surface area contributed by atoms with Crippen LogP contribution in [0.1, 0.15) is 32.3 Å². The molecule has 2 N–H and O–H groups in total. The summed E-state index contributed by atoms with van der Waals surface area (Å²) in [5, 5.41) is 2.94. The first-order valence-electron chi connectivity index (χ1n) is 9.96. The number of aromatic nitrogens is 1. The molecule has 9 heteroatoms. The van der Waals surface area contributed by atoms with Crippen molar-refractivity contribution < 1.29 is 17.6 Å². The van der Waals surface area contributed by atoms with Crippen molar-refractivity contribution in [2.24, 2.45) is 5.92 Å². The van der Waals surface area contributed by atoms with Crippen molar-refractivity contribution in [3.05, 3.63) is 47.9 Å². The molecule has 1 aromatic carbocycles. The summed E-state index contributed by atoms with van der Waals surface area (Å²) >= 11 is 0. The Labute approximate surface area is 176 Å². The van der Waals surface area contributed by atoms with Gasteiger partial charge >= 0.3 is 0 Å². The quantitative estimate of drug-likeness (QED) is 0.729. The van der Waals surface area contributed by atoms with E-state index in [4.69, 9.17) is 0 Å². The van der Waals surface area contributed by atoms with Gasteiger partial charge in [0.15, 0.2) is 5.82 Å². The van der Waals surface area contributed by atoms with Crippen LogP contribution in [0.3, 0.4) is 0 Å². The second-order valence-corrected chi connectivity index (χ2v) is 9.49. The van der Waals surface area contributed by atoms with E-state index in [1.807, 2.05) is 18.7 Å². The number of carbonyl (C=O) groups is 1. The van der Waals surface area contributed by atoms with Gasteiger partial charge in [-0.1, -0.05) is 6.07 Å². The van der Waals surface area contributed by atoms with Gasteiger partial charge in [0, 0.05) is 25.3 Å². The number of benzene rings is 1. The molecule has 3 rings (SSSR count). The predicted molar refractivity (Wildman–Crippen MR) is 114 cm³/mol. The second kappa shape index (κ2) is 8.99. The van der Waals surface area contributed by atoms with Crippen LogP contribution >= 0.6 is 0 Å². The number of hydrogen-bond donors (Lipinski definition) is 2. The van der Waals surface area contributed by atoms with E-state index in [1.54, 1.807) is 25.3 Å². The van der Waals surface area contributed by atoms with E-state index in [2.05, 4.69) is 15.0 Å². The number of nitrogens with zero attached hydrogens (tertiary/aromatic N) is 2. The van der Waals surface area contributed by atoms with E-state index in [1.165, 1.54) is 12.1 Å². The lowest BCUT2D eigenvalue weighted by Crippen LogP contribution is -2.45. The molecule has 30 heavy (non-hydrogen) atoms. The van der Waals surface area contributed by atoms with Crippen LogP contribution in [-0.2, 0) is 14.8 Å². The minimum Gasteiger partial charge on any atom is -0.354 e. The van der Waals surface area contributed by atoms with Gasteiger partial charge in [-0.05, 0) is 63.4 Å². The van der Waals surface area contributed by atoms with Gasteiger partial charge < -0.3 is 10.2 Å². The average molecular weight is 435 g/mol. The number of aryl methyl sites for hydroxylation is 1. The summed E-state index contributed by atoms with van der Waals surface area (Å²) in [6.45, 7) is 6.55. The lowest BCUT2D eigenvalue weighted by Gasteiger charge is -2.34. The number of anilines is 2. The molecule has 1 aromatic heterocycles. The van der Waals surface area contributed by atoms with E-state index in [9.17, 15) is 17.6 Å². The Morgan fingerprint density at radius 2 is 2.07 bits per heavy atom. The SMILES string of the molecule is Cc1ccc(F)cc1S(=O)(=O)Nc1cccnc1N1CCCC(C(=O)NC(C)C)C1. The minimum atomic E-state index is -4.01. The molecule has 162 valence electrons. The first kappa shape index (κ1) is 22.0. The fourth-order valence-corrected chi connectivity index (χ4v) is 4.90. The van der Waals surface area contributed by atoms with Gasteiger partial charge in [-0.2, -0.15) is 0 Å². The molecule has 2 aromatic rings. The molecule has 1 fully saturated rings. The monoisotopic (exact) mass is 434 g/mol. The fourth-order valence-electron chi connectivity index (χ4n) is 3.58. The maximum atomic E-state index is 13.6. The summed E-state index contributed by atoms with van der Waals surface area (Å²) in [6, 6.07) is 6.95. The van der Waals surface area contributed by atoms with E-state index in [-0.39, 0.29) is 22.8 Å². The van der Waals surface area contributed by atoms with Crippen LogP contribution in [0.25, 0.3) is 0 Å². The Kier molecular flexibility index (Phi) is 6.60. The van der Waals surface area contributed by atoms with Crippen molar-refractivity contribution in [1.82, 2.24) is 10.3 Å². The molecule has 7 nitrogen and oxygen atoms in total. The van der Waals surface area contributed by atoms with Crippen LogP contribution in [0.2, 0.25) is 0 Å². The first-order valence-corrected chi connectivity index (χ1v) is 11.4. The third-order valence-corrected chi connectivity index (χ3v) is 6.50. The van der Waals surface area contributed by atoms with Crippen LogP contribution in [0, 0.1) is 18.7 Å². The summed E-state index contributed by atoms with van der Waals surface area (Å²) in [5.41, 5.74) is 0.740. The number of hydrogen-bond acceptors (Lipinski definition) is 5. The highest BCUT2D eigenvalue weighted by atomic mass is 32.2. The molecular formula is C21H27FN4O3S. The van der Waals surface area contributed by atoms with Crippen molar-refractivity contribution in [3.63, 3.8) is 0 Å². The normalized spacial score (nSPS) is 17.1. The molecule has 1 aliphatic rings. The molecule has 1 aliphatic heterocycles. The van der Waals surface area contributed by atoms with Gasteiger partial charge in [0.1, 0.15) is 5.82 Å². The molecule has 0 spiro atoms. The summed E-state index contributed by atoms with van der Waals surface area (Å²) in [6.07, 6.45) is 3.14. The number of halogens is 1. The maximum Gasteiger partial charge on any atom is 0.262 e. The number of pyridine rings is 1. The van der Waals surface area contributed by atoms with Gasteiger partial charge in [-0.15, -0.1) is 0 Å². The molecule has 0 aliphatic carbocycles. The summed E-state index contributed by atoms with van der Waals surface area (Å²) in [4.78, 5) is 18.6. The topological polar surface area (TPSA) is 91.4 Å². The summed E-state index contributed by atoms with van der Waals surface area (Å²) in [5.74, 6) is -0.374.